The van der Waals surface area contributed by atoms with Gasteiger partial charge in [-0.25, -0.2) is 0 Å². The standard InChI is InChI=1S/C33H54O8/c1-17(2)23(34)10-7-18(3)22-15-24(35)27-19-8-9-21-28(37)26(41-31-30(39-6)29(38)25(36)16-40-31)12-14-32(21,4)20(19)11-13-33(22,27)5/h8,11,17-18,21-31,34-38H,7,9-10,12-16H2,1-6H3/t18-,21?,22-,23+,24-,25-,26+,27-,28-,29+,30-,31+,32-,33-/m1/s1. The van der Waals surface area contributed by atoms with Gasteiger partial charge in [-0.15, -0.1) is 0 Å². The molecule has 41 heavy (non-hydrogen) atoms. The number of fused-ring (bicyclic) bond motifs is 5. The molecule has 2 saturated carbocycles. The zero-order valence-corrected chi connectivity index (χ0v) is 25.8. The van der Waals surface area contributed by atoms with Gasteiger partial charge in [-0.3, -0.25) is 0 Å². The van der Waals surface area contributed by atoms with Gasteiger partial charge < -0.3 is 39.7 Å². The zero-order valence-electron chi connectivity index (χ0n) is 25.8. The summed E-state index contributed by atoms with van der Waals surface area (Å²) in [5.41, 5.74) is 2.32. The Morgan fingerprint density at radius 3 is 2.44 bits per heavy atom. The fraction of sp³-hybridized carbons (Fsp3) is 0.879. The summed E-state index contributed by atoms with van der Waals surface area (Å²) in [7, 11) is 1.45. The molecule has 0 aromatic rings. The fourth-order valence-electron chi connectivity index (χ4n) is 9.31. The number of rotatable bonds is 8. The van der Waals surface area contributed by atoms with Crippen molar-refractivity contribution < 1.29 is 39.7 Å². The van der Waals surface area contributed by atoms with E-state index >= 15 is 0 Å². The molecule has 8 heteroatoms. The van der Waals surface area contributed by atoms with Crippen LogP contribution in [0.1, 0.15) is 79.6 Å². The highest BCUT2D eigenvalue weighted by Gasteiger charge is 2.60. The molecule has 234 valence electrons. The monoisotopic (exact) mass is 578 g/mol. The highest BCUT2D eigenvalue weighted by molar-refractivity contribution is 5.47. The summed E-state index contributed by atoms with van der Waals surface area (Å²) in [5, 5.41) is 53.9. The van der Waals surface area contributed by atoms with E-state index in [1.54, 1.807) is 0 Å². The minimum absolute atomic E-state index is 0.0298. The molecule has 3 fully saturated rings. The van der Waals surface area contributed by atoms with Gasteiger partial charge in [0.25, 0.3) is 0 Å². The minimum atomic E-state index is -1.11. The van der Waals surface area contributed by atoms with Gasteiger partial charge >= 0.3 is 0 Å². The molecule has 1 unspecified atom stereocenters. The summed E-state index contributed by atoms with van der Waals surface area (Å²) >= 11 is 0. The maximum Gasteiger partial charge on any atom is 0.186 e. The molecule has 8 nitrogen and oxygen atoms in total. The first-order chi connectivity index (χ1) is 19.3. The average Bonchev–Trinajstić information content (AvgIpc) is 3.21. The number of aliphatic hydroxyl groups is 5. The van der Waals surface area contributed by atoms with Gasteiger partial charge in [0.2, 0.25) is 0 Å². The van der Waals surface area contributed by atoms with Crippen molar-refractivity contribution in [1.29, 1.82) is 0 Å². The second-order valence-corrected chi connectivity index (χ2v) is 14.7. The number of methoxy groups -OCH3 is 1. The zero-order chi connectivity index (χ0) is 29.9. The van der Waals surface area contributed by atoms with E-state index < -0.39 is 42.9 Å². The predicted octanol–water partition coefficient (Wildman–Crippen LogP) is 3.34. The molecular weight excluding hydrogens is 524 g/mol. The maximum atomic E-state index is 11.6. The highest BCUT2D eigenvalue weighted by Crippen LogP contribution is 2.65. The Balaban J connectivity index is 1.32. The molecule has 5 rings (SSSR count). The van der Waals surface area contributed by atoms with E-state index in [4.69, 9.17) is 14.2 Å². The minimum Gasteiger partial charge on any atom is -0.393 e. The van der Waals surface area contributed by atoms with E-state index in [-0.39, 0.29) is 41.3 Å². The van der Waals surface area contributed by atoms with E-state index in [0.717, 1.165) is 32.1 Å². The molecule has 1 heterocycles. The molecule has 1 aliphatic heterocycles. The van der Waals surface area contributed by atoms with Crippen LogP contribution in [-0.4, -0.2) is 88.3 Å². The first-order valence-corrected chi connectivity index (χ1v) is 15.9. The molecule has 0 bridgehead atoms. The maximum absolute atomic E-state index is 11.6. The smallest absolute Gasteiger partial charge is 0.186 e. The number of hydrogen-bond acceptors (Lipinski definition) is 8. The van der Waals surface area contributed by atoms with E-state index in [1.807, 2.05) is 0 Å². The molecule has 5 aliphatic rings. The van der Waals surface area contributed by atoms with Crippen molar-refractivity contribution >= 4 is 0 Å². The van der Waals surface area contributed by atoms with Crippen molar-refractivity contribution in [3.63, 3.8) is 0 Å². The van der Waals surface area contributed by atoms with Crippen LogP contribution in [0.4, 0.5) is 0 Å². The second kappa shape index (κ2) is 11.9. The number of allylic oxidation sites excluding steroid dienone is 3. The Bertz CT molecular complexity index is 996. The van der Waals surface area contributed by atoms with Crippen molar-refractivity contribution in [2.24, 2.45) is 40.4 Å². The average molecular weight is 579 g/mol. The molecule has 4 aliphatic carbocycles. The Kier molecular flexibility index (Phi) is 9.18. The van der Waals surface area contributed by atoms with Gasteiger partial charge in [-0.05, 0) is 84.7 Å². The molecule has 0 aromatic carbocycles. The van der Waals surface area contributed by atoms with Gasteiger partial charge in [-0.2, -0.15) is 0 Å². The molecule has 1 saturated heterocycles. The van der Waals surface area contributed by atoms with E-state index in [2.05, 4.69) is 46.8 Å². The fourth-order valence-corrected chi connectivity index (χ4v) is 9.31. The third-order valence-corrected chi connectivity index (χ3v) is 12.0. The van der Waals surface area contributed by atoms with Gasteiger partial charge in [0, 0.05) is 18.9 Å². The van der Waals surface area contributed by atoms with Crippen molar-refractivity contribution in [2.45, 2.75) is 129 Å². The van der Waals surface area contributed by atoms with Gasteiger partial charge in [0.1, 0.15) is 18.3 Å². The van der Waals surface area contributed by atoms with Crippen molar-refractivity contribution in [2.75, 3.05) is 13.7 Å². The molecule has 0 radical (unpaired) electrons. The number of hydrogen-bond donors (Lipinski definition) is 5. The third kappa shape index (κ3) is 5.39. The summed E-state index contributed by atoms with van der Waals surface area (Å²) in [6.45, 7) is 11.0. The van der Waals surface area contributed by atoms with Gasteiger partial charge in [-0.1, -0.05) is 46.8 Å². The summed E-state index contributed by atoms with van der Waals surface area (Å²) in [5.74, 6) is 1.11. The SMILES string of the molecule is CO[C@H]1[C@H](O[C@H]2CC[C@]3(C)C4=CC[C@]5(C)[C@@H]([C@H](C)CC[C@H](O)C(C)C)C[C@@H](O)[C@H]5C4=CCC3[C@H]2O)OC[C@@H](O)[C@@H]1O. The molecule has 0 aromatic heterocycles. The number of aliphatic hydroxyl groups excluding tert-OH is 5. The van der Waals surface area contributed by atoms with Crippen LogP contribution in [0.3, 0.4) is 0 Å². The summed E-state index contributed by atoms with van der Waals surface area (Å²) in [4.78, 5) is 0. The van der Waals surface area contributed by atoms with Crippen LogP contribution < -0.4 is 0 Å². The Morgan fingerprint density at radius 2 is 1.76 bits per heavy atom. The van der Waals surface area contributed by atoms with Gasteiger partial charge in [0.15, 0.2) is 6.29 Å². The predicted molar refractivity (Wildman–Crippen MR) is 155 cm³/mol. The van der Waals surface area contributed by atoms with Crippen LogP contribution in [0, 0.1) is 40.4 Å². The van der Waals surface area contributed by atoms with Crippen LogP contribution >= 0.6 is 0 Å². The Morgan fingerprint density at radius 1 is 1.02 bits per heavy atom. The summed E-state index contributed by atoms with van der Waals surface area (Å²) < 4.78 is 17.3. The Labute approximate surface area is 245 Å². The summed E-state index contributed by atoms with van der Waals surface area (Å²) in [6, 6.07) is 0. The van der Waals surface area contributed by atoms with Gasteiger partial charge in [0.05, 0.1) is 31.0 Å². The lowest BCUT2D eigenvalue weighted by atomic mass is 9.51. The van der Waals surface area contributed by atoms with Crippen LogP contribution in [0.25, 0.3) is 0 Å². The van der Waals surface area contributed by atoms with Crippen molar-refractivity contribution in [1.82, 2.24) is 0 Å². The second-order valence-electron chi connectivity index (χ2n) is 14.7. The quantitative estimate of drug-likeness (QED) is 0.297. The molecular formula is C33H54O8. The van der Waals surface area contributed by atoms with Crippen molar-refractivity contribution in [3.8, 4) is 0 Å². The van der Waals surface area contributed by atoms with Crippen LogP contribution in [0.15, 0.2) is 23.3 Å². The lowest BCUT2D eigenvalue weighted by molar-refractivity contribution is -0.302. The Hall–Kier alpha value is -0.840. The molecule has 0 amide bonds. The largest absolute Gasteiger partial charge is 0.393 e. The van der Waals surface area contributed by atoms with Crippen molar-refractivity contribution in [3.05, 3.63) is 23.3 Å². The lowest BCUT2D eigenvalue weighted by Gasteiger charge is -2.55. The van der Waals surface area contributed by atoms with E-state index in [9.17, 15) is 25.5 Å². The van der Waals surface area contributed by atoms with Crippen LogP contribution in [0.5, 0.6) is 0 Å². The molecule has 5 N–H and O–H groups in total. The topological polar surface area (TPSA) is 129 Å². The van der Waals surface area contributed by atoms with Crippen LogP contribution in [0.2, 0.25) is 0 Å². The third-order valence-electron chi connectivity index (χ3n) is 12.0. The highest BCUT2D eigenvalue weighted by atomic mass is 16.7. The van der Waals surface area contributed by atoms with E-state index in [0.29, 0.717) is 24.7 Å². The molecule has 0 spiro atoms. The molecule has 14 atom stereocenters. The first-order valence-electron chi connectivity index (χ1n) is 15.9. The van der Waals surface area contributed by atoms with E-state index in [1.165, 1.54) is 18.3 Å². The normalized spacial score (nSPS) is 47.6. The first kappa shape index (κ1) is 31.6. The summed E-state index contributed by atoms with van der Waals surface area (Å²) in [6.07, 6.45) is 4.63. The number of ether oxygens (including phenoxy) is 3. The lowest BCUT2D eigenvalue weighted by Crippen LogP contribution is -2.58. The van der Waals surface area contributed by atoms with Crippen LogP contribution in [-0.2, 0) is 14.2 Å².